The van der Waals surface area contributed by atoms with E-state index in [4.69, 9.17) is 4.74 Å². The zero-order valence-electron chi connectivity index (χ0n) is 18.3. The van der Waals surface area contributed by atoms with Gasteiger partial charge in [0.1, 0.15) is 12.3 Å². The Kier molecular flexibility index (Phi) is 7.89. The molecule has 0 unspecified atom stereocenters. The first-order valence-corrected chi connectivity index (χ1v) is 12.0. The molecule has 1 N–H and O–H groups in total. The number of ether oxygens (including phenoxy) is 1. The molecular weight excluding hydrogens is 424 g/mol. The highest BCUT2D eigenvalue weighted by atomic mass is 32.2. The second-order valence-electron chi connectivity index (χ2n) is 7.34. The molecule has 0 heterocycles. The van der Waals surface area contributed by atoms with Crippen LogP contribution in [0.4, 0.5) is 5.69 Å². The summed E-state index contributed by atoms with van der Waals surface area (Å²) in [4.78, 5) is 12.8. The number of carbonyl (C=O) groups is 1. The van der Waals surface area contributed by atoms with E-state index in [1.165, 1.54) is 12.1 Å². The van der Waals surface area contributed by atoms with Gasteiger partial charge in [-0.2, -0.15) is 0 Å². The Hall–Kier alpha value is -3.32. The molecule has 0 aromatic heterocycles. The van der Waals surface area contributed by atoms with Crippen molar-refractivity contribution in [2.45, 2.75) is 25.2 Å². The van der Waals surface area contributed by atoms with Gasteiger partial charge in [0.15, 0.2) is 0 Å². The van der Waals surface area contributed by atoms with Crippen LogP contribution in [-0.2, 0) is 21.2 Å². The molecule has 7 heteroatoms. The molecule has 0 aliphatic carbocycles. The van der Waals surface area contributed by atoms with Gasteiger partial charge in [-0.15, -0.1) is 0 Å². The maximum Gasteiger partial charge on any atom is 0.264 e. The molecule has 0 aliphatic heterocycles. The van der Waals surface area contributed by atoms with Crippen molar-refractivity contribution >= 4 is 21.6 Å². The molecule has 0 saturated heterocycles. The highest BCUT2D eigenvalue weighted by Gasteiger charge is 2.27. The van der Waals surface area contributed by atoms with Crippen LogP contribution in [0.3, 0.4) is 0 Å². The van der Waals surface area contributed by atoms with E-state index >= 15 is 0 Å². The maximum absolute atomic E-state index is 13.4. The molecule has 0 saturated carbocycles. The van der Waals surface area contributed by atoms with Gasteiger partial charge in [-0.1, -0.05) is 48.0 Å². The van der Waals surface area contributed by atoms with Crippen LogP contribution in [0, 0.1) is 6.92 Å². The van der Waals surface area contributed by atoms with Crippen molar-refractivity contribution in [3.8, 4) is 5.75 Å². The van der Waals surface area contributed by atoms with Crippen LogP contribution in [0.5, 0.6) is 5.75 Å². The predicted molar refractivity (Wildman–Crippen MR) is 126 cm³/mol. The van der Waals surface area contributed by atoms with Crippen molar-refractivity contribution in [2.75, 3.05) is 24.0 Å². The lowest BCUT2D eigenvalue weighted by Gasteiger charge is -2.24. The second kappa shape index (κ2) is 10.8. The van der Waals surface area contributed by atoms with E-state index in [2.05, 4.69) is 5.32 Å². The lowest BCUT2D eigenvalue weighted by molar-refractivity contribution is -0.119. The number of sulfonamides is 1. The summed E-state index contributed by atoms with van der Waals surface area (Å²) >= 11 is 0. The van der Waals surface area contributed by atoms with E-state index in [9.17, 15) is 13.2 Å². The average Bonchev–Trinajstić information content (AvgIpc) is 2.79. The van der Waals surface area contributed by atoms with Gasteiger partial charge in [-0.3, -0.25) is 9.10 Å². The molecule has 6 nitrogen and oxygen atoms in total. The summed E-state index contributed by atoms with van der Waals surface area (Å²) in [6, 6.07) is 23.1. The molecule has 0 radical (unpaired) electrons. The molecule has 0 aliphatic rings. The predicted octanol–water partition coefficient (Wildman–Crippen LogP) is 3.95. The van der Waals surface area contributed by atoms with Crippen LogP contribution in [0.25, 0.3) is 0 Å². The summed E-state index contributed by atoms with van der Waals surface area (Å²) in [5, 5.41) is 2.83. The Balaban J connectivity index is 1.78. The lowest BCUT2D eigenvalue weighted by Crippen LogP contribution is -2.41. The summed E-state index contributed by atoms with van der Waals surface area (Å²) in [7, 11) is -3.95. The van der Waals surface area contributed by atoms with Crippen LogP contribution in [0.15, 0.2) is 83.8 Å². The minimum atomic E-state index is -3.95. The smallest absolute Gasteiger partial charge is 0.264 e. The topological polar surface area (TPSA) is 75.7 Å². The summed E-state index contributed by atoms with van der Waals surface area (Å²) < 4.78 is 33.4. The van der Waals surface area contributed by atoms with Gasteiger partial charge in [-0.05, 0) is 62.2 Å². The van der Waals surface area contributed by atoms with Gasteiger partial charge in [0.05, 0.1) is 17.2 Å². The molecule has 3 aromatic carbocycles. The van der Waals surface area contributed by atoms with Crippen molar-refractivity contribution in [1.29, 1.82) is 0 Å². The Morgan fingerprint density at radius 1 is 0.938 bits per heavy atom. The number of benzene rings is 3. The largest absolute Gasteiger partial charge is 0.494 e. The van der Waals surface area contributed by atoms with E-state index in [0.717, 1.165) is 15.4 Å². The summed E-state index contributed by atoms with van der Waals surface area (Å²) in [6.45, 7) is 4.39. The third-order valence-electron chi connectivity index (χ3n) is 4.91. The second-order valence-corrected chi connectivity index (χ2v) is 9.20. The monoisotopic (exact) mass is 452 g/mol. The molecule has 0 spiro atoms. The van der Waals surface area contributed by atoms with E-state index < -0.39 is 10.0 Å². The minimum absolute atomic E-state index is 0.0959. The first-order chi connectivity index (χ1) is 15.4. The highest BCUT2D eigenvalue weighted by molar-refractivity contribution is 7.92. The molecule has 0 bridgehead atoms. The Labute approximate surface area is 189 Å². The standard InChI is InChI=1S/C25H28N2O4S/c1-3-31-23-13-15-24(16-14-23)32(29,30)27(22-11-9-20(2)10-12-22)19-25(28)26-18-17-21-7-5-4-6-8-21/h4-16H,3,17-19H2,1-2H3,(H,26,28). The number of hydrogen-bond acceptors (Lipinski definition) is 4. The minimum Gasteiger partial charge on any atom is -0.494 e. The fraction of sp³-hybridized carbons (Fsp3) is 0.240. The van der Waals surface area contributed by atoms with Crippen molar-refractivity contribution in [1.82, 2.24) is 5.32 Å². The summed E-state index contributed by atoms with van der Waals surface area (Å²) in [5.74, 6) is 0.225. The Morgan fingerprint density at radius 2 is 1.59 bits per heavy atom. The number of hydrogen-bond donors (Lipinski definition) is 1. The number of nitrogens with zero attached hydrogens (tertiary/aromatic N) is 1. The van der Waals surface area contributed by atoms with Crippen molar-refractivity contribution < 1.29 is 17.9 Å². The van der Waals surface area contributed by atoms with Crippen molar-refractivity contribution in [2.24, 2.45) is 0 Å². The normalized spacial score (nSPS) is 11.1. The SMILES string of the molecule is CCOc1ccc(S(=O)(=O)N(CC(=O)NCCc2ccccc2)c2ccc(C)cc2)cc1. The molecule has 168 valence electrons. The van der Waals surface area contributed by atoms with Gasteiger partial charge < -0.3 is 10.1 Å². The Morgan fingerprint density at radius 3 is 2.22 bits per heavy atom. The quantitative estimate of drug-likeness (QED) is 0.505. The zero-order valence-corrected chi connectivity index (χ0v) is 19.1. The molecule has 0 atom stereocenters. The van der Waals surface area contributed by atoms with E-state index in [1.54, 1.807) is 24.3 Å². The molecule has 1 amide bonds. The average molecular weight is 453 g/mol. The molecule has 3 rings (SSSR count). The Bertz CT molecular complexity index is 1110. The van der Waals surface area contributed by atoms with E-state index in [0.29, 0.717) is 31.0 Å². The number of amides is 1. The highest BCUT2D eigenvalue weighted by Crippen LogP contribution is 2.25. The maximum atomic E-state index is 13.4. The van der Waals surface area contributed by atoms with Crippen molar-refractivity contribution in [3.05, 3.63) is 90.0 Å². The zero-order chi connectivity index (χ0) is 23.0. The van der Waals surface area contributed by atoms with Crippen LogP contribution < -0.4 is 14.4 Å². The fourth-order valence-electron chi connectivity index (χ4n) is 3.21. The van der Waals surface area contributed by atoms with Gasteiger partial charge in [-0.25, -0.2) is 8.42 Å². The summed E-state index contributed by atoms with van der Waals surface area (Å²) in [6.07, 6.45) is 0.669. The van der Waals surface area contributed by atoms with Crippen LogP contribution in [-0.4, -0.2) is 34.0 Å². The number of nitrogens with one attached hydrogen (secondary N) is 1. The van der Waals surface area contributed by atoms with Gasteiger partial charge in [0.25, 0.3) is 10.0 Å². The number of rotatable bonds is 10. The van der Waals surface area contributed by atoms with Gasteiger partial charge >= 0.3 is 0 Å². The number of aryl methyl sites for hydroxylation is 1. The first kappa shape index (κ1) is 23.3. The molecular formula is C25H28N2O4S. The number of anilines is 1. The molecule has 0 fully saturated rings. The third-order valence-corrected chi connectivity index (χ3v) is 6.70. The fourth-order valence-corrected chi connectivity index (χ4v) is 4.63. The third kappa shape index (κ3) is 6.11. The van der Waals surface area contributed by atoms with E-state index in [1.807, 2.05) is 56.3 Å². The summed E-state index contributed by atoms with van der Waals surface area (Å²) in [5.41, 5.74) is 2.53. The van der Waals surface area contributed by atoms with Crippen LogP contribution in [0.1, 0.15) is 18.1 Å². The van der Waals surface area contributed by atoms with Crippen LogP contribution >= 0.6 is 0 Å². The van der Waals surface area contributed by atoms with Crippen LogP contribution in [0.2, 0.25) is 0 Å². The van der Waals surface area contributed by atoms with E-state index in [-0.39, 0.29) is 17.3 Å². The number of carbonyl (C=O) groups excluding carboxylic acids is 1. The molecule has 32 heavy (non-hydrogen) atoms. The first-order valence-electron chi connectivity index (χ1n) is 10.5. The van der Waals surface area contributed by atoms with Gasteiger partial charge in [0, 0.05) is 6.54 Å². The lowest BCUT2D eigenvalue weighted by atomic mass is 10.1. The van der Waals surface area contributed by atoms with Gasteiger partial charge in [0.2, 0.25) is 5.91 Å². The molecule has 3 aromatic rings. The van der Waals surface area contributed by atoms with Crippen molar-refractivity contribution in [3.63, 3.8) is 0 Å².